The Labute approximate surface area is 120 Å². The number of carbonyl (C=O) groups is 1. The van der Waals surface area contributed by atoms with Gasteiger partial charge in [-0.2, -0.15) is 4.98 Å². The van der Waals surface area contributed by atoms with Crippen molar-refractivity contribution in [3.05, 3.63) is 11.3 Å². The minimum Gasteiger partial charge on any atom is -0.368 e. The number of rotatable bonds is 5. The van der Waals surface area contributed by atoms with Crippen LogP contribution in [0, 0.1) is 5.92 Å². The van der Waals surface area contributed by atoms with E-state index >= 15 is 0 Å². The highest BCUT2D eigenvalue weighted by molar-refractivity contribution is 5.84. The molecule has 1 unspecified atom stereocenters. The molecule has 1 aromatic rings. The second kappa shape index (κ2) is 6.20. The van der Waals surface area contributed by atoms with Gasteiger partial charge in [0, 0.05) is 5.56 Å². The lowest BCUT2D eigenvalue weighted by atomic mass is 9.95. The Balaban J connectivity index is 2.27. The van der Waals surface area contributed by atoms with E-state index in [0.717, 1.165) is 49.2 Å². The molecule has 1 aliphatic carbocycles. The average Bonchev–Trinajstić information content (AvgIpc) is 2.37. The van der Waals surface area contributed by atoms with Crippen molar-refractivity contribution in [2.24, 2.45) is 5.92 Å². The third kappa shape index (κ3) is 3.46. The summed E-state index contributed by atoms with van der Waals surface area (Å²) in [6, 6.07) is -0.199. The lowest BCUT2D eigenvalue weighted by Gasteiger charge is -2.23. The molecule has 0 saturated heterocycles. The van der Waals surface area contributed by atoms with Crippen molar-refractivity contribution in [1.29, 1.82) is 0 Å². The van der Waals surface area contributed by atoms with Gasteiger partial charge < -0.3 is 11.1 Å². The Bertz CT molecular complexity index is 499. The first-order valence-corrected chi connectivity index (χ1v) is 7.39. The van der Waals surface area contributed by atoms with Crippen LogP contribution in [0.15, 0.2) is 0 Å². The molecule has 0 fully saturated rings. The maximum atomic E-state index is 11.8. The van der Waals surface area contributed by atoms with Gasteiger partial charge in [-0.25, -0.2) is 4.98 Å². The number of fused-ring (bicyclic) bond motifs is 1. The Morgan fingerprint density at radius 3 is 2.65 bits per heavy atom. The Hall–Kier alpha value is -1.65. The second-order valence-electron chi connectivity index (χ2n) is 6.00. The lowest BCUT2D eigenvalue weighted by molar-refractivity contribution is -0.118. The molecule has 110 valence electrons. The number of nitrogens with two attached hydrogens (primary N) is 1. The molecule has 0 spiro atoms. The summed E-state index contributed by atoms with van der Waals surface area (Å²) in [5.41, 5.74) is 7.97. The highest BCUT2D eigenvalue weighted by Gasteiger charge is 2.21. The third-order valence-electron chi connectivity index (χ3n) is 3.71. The van der Waals surface area contributed by atoms with Crippen molar-refractivity contribution in [3.63, 3.8) is 0 Å². The highest BCUT2D eigenvalue weighted by atomic mass is 16.1. The molecule has 0 saturated carbocycles. The van der Waals surface area contributed by atoms with Crippen molar-refractivity contribution in [3.8, 4) is 0 Å². The predicted molar refractivity (Wildman–Crippen MR) is 80.6 cm³/mol. The summed E-state index contributed by atoms with van der Waals surface area (Å²) in [4.78, 5) is 20.4. The molecule has 0 bridgehead atoms. The van der Waals surface area contributed by atoms with Gasteiger partial charge in [-0.3, -0.25) is 4.79 Å². The molecule has 1 aliphatic rings. The molecule has 1 aromatic heterocycles. The topological polar surface area (TPSA) is 80.9 Å². The van der Waals surface area contributed by atoms with Crippen LogP contribution in [0.3, 0.4) is 0 Å². The van der Waals surface area contributed by atoms with Crippen LogP contribution in [0.1, 0.15) is 51.3 Å². The van der Waals surface area contributed by atoms with E-state index < -0.39 is 0 Å². The highest BCUT2D eigenvalue weighted by Crippen LogP contribution is 2.27. The molecular weight excluding hydrogens is 252 g/mol. The largest absolute Gasteiger partial charge is 0.368 e. The lowest BCUT2D eigenvalue weighted by Crippen LogP contribution is -2.30. The maximum absolute atomic E-state index is 11.8. The fourth-order valence-corrected chi connectivity index (χ4v) is 2.70. The van der Waals surface area contributed by atoms with E-state index in [-0.39, 0.29) is 11.8 Å². The van der Waals surface area contributed by atoms with Gasteiger partial charge in [0.05, 0.1) is 11.7 Å². The minimum atomic E-state index is -0.199. The van der Waals surface area contributed by atoms with Crippen LogP contribution in [0.2, 0.25) is 0 Å². The molecule has 0 aromatic carbocycles. The average molecular weight is 276 g/mol. The molecule has 1 heterocycles. The molecular formula is C15H24N4O. The SMILES string of the molecule is CC(=O)C(CC(C)C)Nc1nc(N)nc2c1CCCC2. The maximum Gasteiger partial charge on any atom is 0.222 e. The standard InChI is InChI=1S/C15H24N4O/c1-9(2)8-13(10(3)20)17-14-11-6-4-5-7-12(11)18-15(16)19-14/h9,13H,4-8H2,1-3H3,(H3,16,17,18,19). The molecule has 0 radical (unpaired) electrons. The fourth-order valence-electron chi connectivity index (χ4n) is 2.70. The van der Waals surface area contributed by atoms with Crippen molar-refractivity contribution in [2.45, 2.75) is 58.9 Å². The number of nitrogen functional groups attached to an aromatic ring is 1. The molecule has 5 heteroatoms. The van der Waals surface area contributed by atoms with Gasteiger partial charge in [0.25, 0.3) is 0 Å². The molecule has 3 N–H and O–H groups in total. The molecule has 20 heavy (non-hydrogen) atoms. The summed E-state index contributed by atoms with van der Waals surface area (Å²) >= 11 is 0. The minimum absolute atomic E-state index is 0.139. The Kier molecular flexibility index (Phi) is 4.57. The van der Waals surface area contributed by atoms with E-state index in [2.05, 4.69) is 29.1 Å². The van der Waals surface area contributed by atoms with Crippen LogP contribution in [-0.2, 0) is 17.6 Å². The summed E-state index contributed by atoms with van der Waals surface area (Å²) in [5.74, 6) is 1.64. The summed E-state index contributed by atoms with van der Waals surface area (Å²) in [5, 5.41) is 3.30. The second-order valence-corrected chi connectivity index (χ2v) is 6.00. The van der Waals surface area contributed by atoms with Gasteiger partial charge >= 0.3 is 0 Å². The van der Waals surface area contributed by atoms with Crippen LogP contribution >= 0.6 is 0 Å². The zero-order valence-corrected chi connectivity index (χ0v) is 12.6. The number of hydrogen-bond donors (Lipinski definition) is 2. The van der Waals surface area contributed by atoms with Crippen LogP contribution in [-0.4, -0.2) is 21.8 Å². The first-order chi connectivity index (χ1) is 9.47. The van der Waals surface area contributed by atoms with Crippen molar-refractivity contribution < 1.29 is 4.79 Å². The zero-order valence-electron chi connectivity index (χ0n) is 12.6. The molecule has 2 rings (SSSR count). The molecule has 1 atom stereocenters. The van der Waals surface area contributed by atoms with Crippen LogP contribution in [0.25, 0.3) is 0 Å². The van der Waals surface area contributed by atoms with Gasteiger partial charge in [0.15, 0.2) is 5.78 Å². The van der Waals surface area contributed by atoms with Crippen LogP contribution in [0.5, 0.6) is 0 Å². The number of carbonyl (C=O) groups excluding carboxylic acids is 1. The van der Waals surface area contributed by atoms with Crippen molar-refractivity contribution in [1.82, 2.24) is 9.97 Å². The first-order valence-electron chi connectivity index (χ1n) is 7.39. The monoisotopic (exact) mass is 276 g/mol. The number of ketones is 1. The first kappa shape index (κ1) is 14.8. The van der Waals surface area contributed by atoms with Crippen molar-refractivity contribution in [2.75, 3.05) is 11.1 Å². The molecule has 5 nitrogen and oxygen atoms in total. The Morgan fingerprint density at radius 1 is 1.30 bits per heavy atom. The zero-order chi connectivity index (χ0) is 14.7. The molecule has 0 amide bonds. The number of nitrogens with zero attached hydrogens (tertiary/aromatic N) is 2. The number of aromatic nitrogens is 2. The van der Waals surface area contributed by atoms with E-state index in [1.165, 1.54) is 0 Å². The smallest absolute Gasteiger partial charge is 0.222 e. The molecule has 0 aliphatic heterocycles. The van der Waals surface area contributed by atoms with Crippen LogP contribution in [0.4, 0.5) is 11.8 Å². The number of hydrogen-bond acceptors (Lipinski definition) is 5. The van der Waals surface area contributed by atoms with Gasteiger partial charge in [-0.15, -0.1) is 0 Å². The number of nitrogens with one attached hydrogen (secondary N) is 1. The van der Waals surface area contributed by atoms with E-state index in [1.807, 2.05) is 0 Å². The van der Waals surface area contributed by atoms with Crippen LogP contribution < -0.4 is 11.1 Å². The summed E-state index contributed by atoms with van der Waals surface area (Å²) in [7, 11) is 0. The summed E-state index contributed by atoms with van der Waals surface area (Å²) < 4.78 is 0. The number of Topliss-reactive ketones (excluding diaryl/α,β-unsaturated/α-hetero) is 1. The third-order valence-corrected chi connectivity index (χ3v) is 3.71. The summed E-state index contributed by atoms with van der Waals surface area (Å²) in [6.07, 6.45) is 5.00. The van der Waals surface area contributed by atoms with E-state index in [4.69, 9.17) is 5.73 Å². The Morgan fingerprint density at radius 2 is 2.00 bits per heavy atom. The normalized spacial score (nSPS) is 15.8. The number of aryl methyl sites for hydroxylation is 1. The van der Waals surface area contributed by atoms with E-state index in [1.54, 1.807) is 6.92 Å². The van der Waals surface area contributed by atoms with Gasteiger partial charge in [-0.05, 0) is 44.9 Å². The number of anilines is 2. The van der Waals surface area contributed by atoms with E-state index in [9.17, 15) is 4.79 Å². The van der Waals surface area contributed by atoms with Crippen molar-refractivity contribution >= 4 is 17.5 Å². The van der Waals surface area contributed by atoms with Gasteiger partial charge in [0.1, 0.15) is 5.82 Å². The fraction of sp³-hybridized carbons (Fsp3) is 0.667. The predicted octanol–water partition coefficient (Wildman–Crippen LogP) is 2.35. The summed E-state index contributed by atoms with van der Waals surface area (Å²) in [6.45, 7) is 5.85. The van der Waals surface area contributed by atoms with Gasteiger partial charge in [-0.1, -0.05) is 13.8 Å². The van der Waals surface area contributed by atoms with E-state index in [0.29, 0.717) is 11.9 Å². The van der Waals surface area contributed by atoms with Gasteiger partial charge in [0.2, 0.25) is 5.95 Å². The quantitative estimate of drug-likeness (QED) is 0.862.